The van der Waals surface area contributed by atoms with Crippen LogP contribution in [0.25, 0.3) is 17.4 Å². The number of ether oxygens (including phenoxy) is 1. The number of benzene rings is 2. The Morgan fingerprint density at radius 3 is 2.63 bits per heavy atom. The lowest BCUT2D eigenvalue weighted by molar-refractivity contribution is -0.122. The maximum Gasteiger partial charge on any atom is 0.266 e. The Hall–Kier alpha value is -2.54. The normalized spacial score (nSPS) is 15.3. The van der Waals surface area contributed by atoms with Crippen molar-refractivity contribution < 1.29 is 13.9 Å². The van der Waals surface area contributed by atoms with Gasteiger partial charge in [-0.2, -0.15) is 0 Å². The summed E-state index contributed by atoms with van der Waals surface area (Å²) in [5.74, 6) is 1.94. The molecule has 2 heterocycles. The number of nitrogens with zero attached hydrogens (tertiary/aromatic N) is 1. The van der Waals surface area contributed by atoms with Gasteiger partial charge in [0.05, 0.1) is 17.0 Å². The lowest BCUT2D eigenvalue weighted by atomic mass is 10.1. The molecule has 2 aromatic carbocycles. The van der Waals surface area contributed by atoms with Crippen LogP contribution in [0.3, 0.4) is 0 Å². The van der Waals surface area contributed by atoms with Crippen molar-refractivity contribution in [1.29, 1.82) is 0 Å². The third-order valence-corrected chi connectivity index (χ3v) is 6.40. The third kappa shape index (κ3) is 4.46. The minimum Gasteiger partial charge on any atom is -0.497 e. The number of amides is 1. The van der Waals surface area contributed by atoms with Crippen molar-refractivity contribution >= 4 is 51.9 Å². The summed E-state index contributed by atoms with van der Waals surface area (Å²) < 4.78 is 11.6. The zero-order valence-corrected chi connectivity index (χ0v) is 18.5. The molecule has 1 amide bonds. The zero-order chi connectivity index (χ0) is 21.1. The van der Waals surface area contributed by atoms with Gasteiger partial charge in [0.15, 0.2) is 0 Å². The van der Waals surface area contributed by atoms with Gasteiger partial charge >= 0.3 is 0 Å². The van der Waals surface area contributed by atoms with Crippen LogP contribution >= 0.6 is 35.6 Å². The fraction of sp³-hybridized carbons (Fsp3) is 0.130. The van der Waals surface area contributed by atoms with Crippen LogP contribution in [0.5, 0.6) is 5.75 Å². The number of methoxy groups -OCH3 is 1. The standard InChI is InChI=1S/C23H18ClNO3S2/c1-27-16-8-6-15(7-9-16)12-13-25-22(26)21(30-23(25)29)14-17-10-11-20(28-17)18-4-2-3-5-19(18)24/h2-11,14H,12-13H2,1H3/b21-14+. The van der Waals surface area contributed by atoms with Gasteiger partial charge in [-0.1, -0.05) is 59.8 Å². The molecular formula is C23H18ClNO3S2. The van der Waals surface area contributed by atoms with E-state index in [0.717, 1.165) is 16.9 Å². The molecule has 0 saturated carbocycles. The van der Waals surface area contributed by atoms with Gasteiger partial charge in [-0.05, 0) is 48.4 Å². The van der Waals surface area contributed by atoms with Gasteiger partial charge in [-0.25, -0.2) is 0 Å². The second-order valence-electron chi connectivity index (χ2n) is 6.61. The maximum absolute atomic E-state index is 12.8. The molecule has 4 rings (SSSR count). The largest absolute Gasteiger partial charge is 0.497 e. The molecule has 0 spiro atoms. The Labute approximate surface area is 189 Å². The molecule has 0 bridgehead atoms. The SMILES string of the molecule is COc1ccc(CCN2C(=O)/C(=C\c3ccc(-c4ccccc4Cl)o3)SC2=S)cc1. The van der Waals surface area contributed by atoms with Crippen molar-refractivity contribution in [1.82, 2.24) is 4.90 Å². The van der Waals surface area contributed by atoms with Gasteiger partial charge in [0.1, 0.15) is 21.6 Å². The number of thioether (sulfide) groups is 1. The first-order chi connectivity index (χ1) is 14.5. The van der Waals surface area contributed by atoms with Crippen molar-refractivity contribution in [2.45, 2.75) is 6.42 Å². The number of hydrogen-bond acceptors (Lipinski definition) is 5. The van der Waals surface area contributed by atoms with Crippen LogP contribution in [-0.2, 0) is 11.2 Å². The summed E-state index contributed by atoms with van der Waals surface area (Å²) >= 11 is 13.0. The second-order valence-corrected chi connectivity index (χ2v) is 8.70. The predicted molar refractivity (Wildman–Crippen MR) is 126 cm³/mol. The van der Waals surface area contributed by atoms with E-state index in [2.05, 4.69) is 0 Å². The van der Waals surface area contributed by atoms with E-state index in [0.29, 0.717) is 38.7 Å². The zero-order valence-electron chi connectivity index (χ0n) is 16.1. The molecule has 0 unspecified atom stereocenters. The summed E-state index contributed by atoms with van der Waals surface area (Å²) in [4.78, 5) is 15.0. The van der Waals surface area contributed by atoms with Crippen molar-refractivity contribution in [3.8, 4) is 17.1 Å². The number of furan rings is 1. The second kappa shape index (κ2) is 9.08. The molecule has 4 nitrogen and oxygen atoms in total. The molecule has 7 heteroatoms. The number of hydrogen-bond donors (Lipinski definition) is 0. The van der Waals surface area contributed by atoms with Crippen LogP contribution in [0.2, 0.25) is 5.02 Å². The predicted octanol–water partition coefficient (Wildman–Crippen LogP) is 6.05. The van der Waals surface area contributed by atoms with E-state index in [1.807, 2.05) is 60.7 Å². The molecule has 152 valence electrons. The number of carbonyl (C=O) groups excluding carboxylic acids is 1. The minimum absolute atomic E-state index is 0.103. The summed E-state index contributed by atoms with van der Waals surface area (Å²) in [6.07, 6.45) is 2.44. The Morgan fingerprint density at radius 2 is 1.90 bits per heavy atom. The topological polar surface area (TPSA) is 42.7 Å². The van der Waals surface area contributed by atoms with Crippen LogP contribution in [0.15, 0.2) is 70.0 Å². The Bertz CT molecular complexity index is 1120. The highest BCUT2D eigenvalue weighted by Gasteiger charge is 2.32. The van der Waals surface area contributed by atoms with Crippen LogP contribution in [0, 0.1) is 0 Å². The first kappa shape index (κ1) is 20.7. The molecular weight excluding hydrogens is 438 g/mol. The average Bonchev–Trinajstić information content (AvgIpc) is 3.32. The van der Waals surface area contributed by atoms with E-state index in [9.17, 15) is 4.79 Å². The fourth-order valence-corrected chi connectivity index (χ4v) is 4.61. The summed E-state index contributed by atoms with van der Waals surface area (Å²) in [6, 6.07) is 18.9. The summed E-state index contributed by atoms with van der Waals surface area (Å²) in [5, 5.41) is 0.614. The van der Waals surface area contributed by atoms with Gasteiger partial charge in [0.2, 0.25) is 0 Å². The lowest BCUT2D eigenvalue weighted by Gasteiger charge is -2.14. The van der Waals surface area contributed by atoms with Crippen molar-refractivity contribution in [2.75, 3.05) is 13.7 Å². The highest BCUT2D eigenvalue weighted by atomic mass is 35.5. The van der Waals surface area contributed by atoms with E-state index >= 15 is 0 Å². The maximum atomic E-state index is 12.8. The molecule has 30 heavy (non-hydrogen) atoms. The van der Waals surface area contributed by atoms with Gasteiger partial charge in [0, 0.05) is 18.2 Å². The van der Waals surface area contributed by atoms with Crippen LogP contribution in [0.1, 0.15) is 11.3 Å². The first-order valence-electron chi connectivity index (χ1n) is 9.28. The quantitative estimate of drug-likeness (QED) is 0.334. The monoisotopic (exact) mass is 455 g/mol. The molecule has 0 aliphatic carbocycles. The van der Waals surface area contributed by atoms with Crippen LogP contribution in [0.4, 0.5) is 0 Å². The number of carbonyl (C=O) groups is 1. The van der Waals surface area contributed by atoms with Crippen LogP contribution in [-0.4, -0.2) is 28.8 Å². The third-order valence-electron chi connectivity index (χ3n) is 4.70. The Balaban J connectivity index is 1.45. The van der Waals surface area contributed by atoms with E-state index in [-0.39, 0.29) is 5.91 Å². The number of rotatable bonds is 6. The molecule has 0 atom stereocenters. The van der Waals surface area contributed by atoms with Crippen molar-refractivity contribution in [3.05, 3.63) is 81.9 Å². The number of thiocarbonyl (C=S) groups is 1. The number of halogens is 1. The van der Waals surface area contributed by atoms with E-state index in [4.69, 9.17) is 33.0 Å². The summed E-state index contributed by atoms with van der Waals surface area (Å²) in [7, 11) is 1.64. The molecule has 0 N–H and O–H groups in total. The van der Waals surface area contributed by atoms with Crippen molar-refractivity contribution in [2.24, 2.45) is 0 Å². The van der Waals surface area contributed by atoms with Gasteiger partial charge in [-0.15, -0.1) is 0 Å². The van der Waals surface area contributed by atoms with Crippen LogP contribution < -0.4 is 4.74 Å². The highest BCUT2D eigenvalue weighted by Crippen LogP contribution is 2.34. The summed E-state index contributed by atoms with van der Waals surface area (Å²) in [5.41, 5.74) is 1.93. The Morgan fingerprint density at radius 1 is 1.13 bits per heavy atom. The molecule has 1 aliphatic rings. The molecule has 0 radical (unpaired) electrons. The average molecular weight is 456 g/mol. The van der Waals surface area contributed by atoms with Gasteiger partial charge in [0.25, 0.3) is 5.91 Å². The fourth-order valence-electron chi connectivity index (χ4n) is 3.09. The molecule has 1 aliphatic heterocycles. The van der Waals surface area contributed by atoms with Gasteiger partial charge in [-0.3, -0.25) is 9.69 Å². The minimum atomic E-state index is -0.103. The Kier molecular flexibility index (Phi) is 6.27. The van der Waals surface area contributed by atoms with Crippen molar-refractivity contribution in [3.63, 3.8) is 0 Å². The molecule has 3 aromatic rings. The molecule has 1 aromatic heterocycles. The first-order valence-corrected chi connectivity index (χ1v) is 10.9. The molecule has 1 fully saturated rings. The lowest BCUT2D eigenvalue weighted by Crippen LogP contribution is -2.30. The van der Waals surface area contributed by atoms with E-state index < -0.39 is 0 Å². The van der Waals surface area contributed by atoms with Gasteiger partial charge < -0.3 is 9.15 Å². The smallest absolute Gasteiger partial charge is 0.266 e. The van der Waals surface area contributed by atoms with E-state index in [1.165, 1.54) is 11.8 Å². The highest BCUT2D eigenvalue weighted by molar-refractivity contribution is 8.26. The molecule has 1 saturated heterocycles. The van der Waals surface area contributed by atoms with E-state index in [1.54, 1.807) is 18.1 Å². The summed E-state index contributed by atoms with van der Waals surface area (Å²) in [6.45, 7) is 0.525.